The molecule has 1 amide bonds. The molecule has 0 spiro atoms. The first-order valence-electron chi connectivity index (χ1n) is 9.65. The molecule has 1 N–H and O–H groups in total. The van der Waals surface area contributed by atoms with Crippen molar-refractivity contribution in [3.63, 3.8) is 0 Å². The number of hydrogen-bond acceptors (Lipinski definition) is 4. The van der Waals surface area contributed by atoms with Crippen molar-refractivity contribution < 1.29 is 14.3 Å². The maximum atomic E-state index is 12.7. The maximum absolute atomic E-state index is 12.7. The van der Waals surface area contributed by atoms with E-state index in [1.807, 2.05) is 61.5 Å². The average Bonchev–Trinajstić information content (AvgIpc) is 2.75. The topological polar surface area (TPSA) is 50.8 Å². The molecule has 0 radical (unpaired) electrons. The van der Waals surface area contributed by atoms with Crippen LogP contribution in [-0.2, 0) is 9.53 Å². The zero-order valence-corrected chi connectivity index (χ0v) is 16.6. The Kier molecular flexibility index (Phi) is 7.23. The van der Waals surface area contributed by atoms with Gasteiger partial charge in [0, 0.05) is 30.8 Å². The van der Waals surface area contributed by atoms with Gasteiger partial charge in [-0.3, -0.25) is 9.69 Å². The number of amides is 1. The van der Waals surface area contributed by atoms with Gasteiger partial charge in [-0.15, -0.1) is 0 Å². The number of rotatable bonds is 7. The normalized spacial score (nSPS) is 16.4. The number of nitrogens with zero attached hydrogens (tertiary/aromatic N) is 1. The highest BCUT2D eigenvalue weighted by atomic mass is 16.5. The average molecular weight is 380 g/mol. The molecule has 0 aromatic heterocycles. The van der Waals surface area contributed by atoms with E-state index in [0.717, 1.165) is 30.0 Å². The Labute approximate surface area is 167 Å². The van der Waals surface area contributed by atoms with Crippen LogP contribution in [0.3, 0.4) is 0 Å². The Balaban J connectivity index is 1.74. The van der Waals surface area contributed by atoms with Gasteiger partial charge >= 0.3 is 0 Å². The predicted octanol–water partition coefficient (Wildman–Crippen LogP) is 3.29. The lowest BCUT2D eigenvalue weighted by Crippen LogP contribution is -2.44. The van der Waals surface area contributed by atoms with Crippen LogP contribution in [0.25, 0.3) is 6.08 Å². The van der Waals surface area contributed by atoms with Crippen LogP contribution in [0.5, 0.6) is 5.75 Å². The summed E-state index contributed by atoms with van der Waals surface area (Å²) in [6, 6.07) is 17.9. The van der Waals surface area contributed by atoms with E-state index in [0.29, 0.717) is 25.3 Å². The second-order valence-electron chi connectivity index (χ2n) is 6.85. The third-order valence-electron chi connectivity index (χ3n) is 4.98. The van der Waals surface area contributed by atoms with E-state index < -0.39 is 0 Å². The Morgan fingerprint density at radius 2 is 1.82 bits per heavy atom. The van der Waals surface area contributed by atoms with Gasteiger partial charge < -0.3 is 14.8 Å². The van der Waals surface area contributed by atoms with Crippen molar-refractivity contribution in [1.29, 1.82) is 0 Å². The highest BCUT2D eigenvalue weighted by Crippen LogP contribution is 2.29. The number of carbonyl (C=O) groups excluding carboxylic acids is 1. The molecule has 0 saturated carbocycles. The van der Waals surface area contributed by atoms with Crippen LogP contribution in [0.15, 0.2) is 60.2 Å². The molecule has 0 bridgehead atoms. The lowest BCUT2D eigenvalue weighted by molar-refractivity contribution is -0.117. The molecule has 5 heteroatoms. The summed E-state index contributed by atoms with van der Waals surface area (Å²) in [6.45, 7) is 5.42. The van der Waals surface area contributed by atoms with Crippen LogP contribution in [0.1, 0.15) is 24.1 Å². The van der Waals surface area contributed by atoms with Gasteiger partial charge in [0.15, 0.2) is 0 Å². The zero-order valence-electron chi connectivity index (χ0n) is 16.6. The molecule has 0 aliphatic carbocycles. The molecular weight excluding hydrogens is 352 g/mol. The fraction of sp³-hybridized carbons (Fsp3) is 0.348. The highest BCUT2D eigenvalue weighted by Gasteiger charge is 2.25. The fourth-order valence-electron chi connectivity index (χ4n) is 3.46. The van der Waals surface area contributed by atoms with Crippen LogP contribution in [-0.4, -0.2) is 50.8 Å². The van der Waals surface area contributed by atoms with E-state index in [4.69, 9.17) is 9.47 Å². The predicted molar refractivity (Wildman–Crippen MR) is 111 cm³/mol. The number of morpholine rings is 1. The van der Waals surface area contributed by atoms with Crippen molar-refractivity contribution in [2.45, 2.75) is 13.0 Å². The van der Waals surface area contributed by atoms with Crippen molar-refractivity contribution in [3.8, 4) is 5.75 Å². The second-order valence-corrected chi connectivity index (χ2v) is 6.85. The minimum atomic E-state index is -0.0583. The molecule has 1 fully saturated rings. The van der Waals surface area contributed by atoms with E-state index in [-0.39, 0.29) is 11.9 Å². The third-order valence-corrected chi connectivity index (χ3v) is 4.98. The summed E-state index contributed by atoms with van der Waals surface area (Å²) in [5.74, 6) is 0.779. The molecular formula is C23H28N2O3. The summed E-state index contributed by atoms with van der Waals surface area (Å²) >= 11 is 0. The summed E-state index contributed by atoms with van der Waals surface area (Å²) in [4.78, 5) is 15.0. The van der Waals surface area contributed by atoms with Crippen molar-refractivity contribution in [2.75, 3.05) is 40.0 Å². The van der Waals surface area contributed by atoms with E-state index in [2.05, 4.69) is 16.3 Å². The second kappa shape index (κ2) is 10.1. The van der Waals surface area contributed by atoms with Crippen molar-refractivity contribution in [3.05, 3.63) is 71.3 Å². The van der Waals surface area contributed by atoms with Gasteiger partial charge in [0.1, 0.15) is 5.75 Å². The molecule has 3 rings (SSSR count). The summed E-state index contributed by atoms with van der Waals surface area (Å²) in [5, 5.41) is 3.10. The van der Waals surface area contributed by atoms with Gasteiger partial charge in [-0.05, 0) is 24.6 Å². The first-order valence-corrected chi connectivity index (χ1v) is 9.65. The third kappa shape index (κ3) is 5.21. The van der Waals surface area contributed by atoms with E-state index in [1.165, 1.54) is 0 Å². The molecule has 2 aromatic rings. The van der Waals surface area contributed by atoms with Crippen molar-refractivity contribution >= 4 is 12.0 Å². The molecule has 1 aliphatic heterocycles. The van der Waals surface area contributed by atoms with Crippen LogP contribution < -0.4 is 10.1 Å². The number of ether oxygens (including phenoxy) is 2. The van der Waals surface area contributed by atoms with Gasteiger partial charge in [-0.1, -0.05) is 48.5 Å². The molecule has 1 aliphatic rings. The number of nitrogens with one attached hydrogen (secondary N) is 1. The number of carbonyl (C=O) groups is 1. The van der Waals surface area contributed by atoms with E-state index in [9.17, 15) is 4.79 Å². The molecule has 1 atom stereocenters. The van der Waals surface area contributed by atoms with Gasteiger partial charge in [-0.25, -0.2) is 0 Å². The van der Waals surface area contributed by atoms with Crippen LogP contribution in [0, 0.1) is 0 Å². The summed E-state index contributed by atoms with van der Waals surface area (Å²) in [6.07, 6.45) is 1.90. The standard InChI is InChI=1S/C23H28N2O3/c1-18(16-19-8-4-3-5-9-19)23(26)24-17-21(25-12-14-28-15-13-25)20-10-6-7-11-22(20)27-2/h3-11,16,21H,12-15,17H2,1-2H3,(H,24,26)/b18-16+. The van der Waals surface area contributed by atoms with Crippen LogP contribution >= 0.6 is 0 Å². The van der Waals surface area contributed by atoms with E-state index in [1.54, 1.807) is 7.11 Å². The van der Waals surface area contributed by atoms with Gasteiger partial charge in [-0.2, -0.15) is 0 Å². The Morgan fingerprint density at radius 1 is 1.14 bits per heavy atom. The first-order chi connectivity index (χ1) is 13.7. The summed E-state index contributed by atoms with van der Waals surface area (Å²) in [7, 11) is 1.68. The SMILES string of the molecule is COc1ccccc1C(CNC(=O)/C(C)=C/c1ccccc1)N1CCOCC1. The largest absolute Gasteiger partial charge is 0.496 e. The minimum absolute atomic E-state index is 0.0357. The monoisotopic (exact) mass is 380 g/mol. The first kappa shape index (κ1) is 20.1. The van der Waals surface area contributed by atoms with Crippen LogP contribution in [0.2, 0.25) is 0 Å². The Hall–Kier alpha value is -2.63. The quantitative estimate of drug-likeness (QED) is 0.749. The fourth-order valence-corrected chi connectivity index (χ4v) is 3.46. The molecule has 1 unspecified atom stereocenters. The number of para-hydroxylation sites is 1. The highest BCUT2D eigenvalue weighted by molar-refractivity contribution is 5.97. The Bertz CT molecular complexity index is 799. The molecule has 5 nitrogen and oxygen atoms in total. The summed E-state index contributed by atoms with van der Waals surface area (Å²) in [5.41, 5.74) is 2.79. The summed E-state index contributed by atoms with van der Waals surface area (Å²) < 4.78 is 11.1. The molecule has 1 saturated heterocycles. The van der Waals surface area contributed by atoms with Gasteiger partial charge in [0.05, 0.1) is 26.4 Å². The smallest absolute Gasteiger partial charge is 0.247 e. The Morgan fingerprint density at radius 3 is 2.54 bits per heavy atom. The molecule has 28 heavy (non-hydrogen) atoms. The van der Waals surface area contributed by atoms with E-state index >= 15 is 0 Å². The zero-order chi connectivity index (χ0) is 19.8. The molecule has 148 valence electrons. The maximum Gasteiger partial charge on any atom is 0.247 e. The van der Waals surface area contributed by atoms with Crippen LogP contribution in [0.4, 0.5) is 0 Å². The van der Waals surface area contributed by atoms with Gasteiger partial charge in [0.25, 0.3) is 0 Å². The number of hydrogen-bond donors (Lipinski definition) is 1. The van der Waals surface area contributed by atoms with Crippen molar-refractivity contribution in [2.24, 2.45) is 0 Å². The van der Waals surface area contributed by atoms with Crippen molar-refractivity contribution in [1.82, 2.24) is 10.2 Å². The lowest BCUT2D eigenvalue weighted by atomic mass is 10.0. The lowest BCUT2D eigenvalue weighted by Gasteiger charge is -2.35. The number of benzene rings is 2. The minimum Gasteiger partial charge on any atom is -0.496 e. The van der Waals surface area contributed by atoms with Gasteiger partial charge in [0.2, 0.25) is 5.91 Å². The molecule has 2 aromatic carbocycles. The molecule has 1 heterocycles. The number of methoxy groups -OCH3 is 1.